The molecule has 4 aromatic rings. The first-order valence-electron chi connectivity index (χ1n) is 7.82. The van der Waals surface area contributed by atoms with E-state index < -0.39 is 0 Å². The van der Waals surface area contributed by atoms with Gasteiger partial charge in [-0.05, 0) is 18.1 Å². The van der Waals surface area contributed by atoms with Crippen LogP contribution < -0.4 is 5.32 Å². The van der Waals surface area contributed by atoms with Crippen LogP contribution in [0, 0.1) is 0 Å². The third-order valence-electron chi connectivity index (χ3n) is 4.03. The van der Waals surface area contributed by atoms with E-state index in [2.05, 4.69) is 38.6 Å². The molecule has 0 aliphatic rings. The third-order valence-corrected chi connectivity index (χ3v) is 4.23. The van der Waals surface area contributed by atoms with Gasteiger partial charge in [0.15, 0.2) is 5.65 Å². The molecule has 0 aromatic carbocycles. The molecule has 4 rings (SSSR count). The average molecular weight is 341 g/mol. The maximum absolute atomic E-state index is 6.20. The highest BCUT2D eigenvalue weighted by atomic mass is 35.5. The molecule has 122 valence electrons. The maximum atomic E-state index is 6.20. The van der Waals surface area contributed by atoms with Crippen molar-refractivity contribution in [1.82, 2.24) is 24.0 Å². The van der Waals surface area contributed by atoms with E-state index in [4.69, 9.17) is 11.6 Å². The minimum absolute atomic E-state index is 0.333. The van der Waals surface area contributed by atoms with Crippen LogP contribution >= 0.6 is 11.6 Å². The van der Waals surface area contributed by atoms with Crippen molar-refractivity contribution in [2.45, 2.75) is 26.3 Å². The number of nitrogens with one attached hydrogen (secondary N) is 1. The molecule has 0 saturated heterocycles. The van der Waals surface area contributed by atoms with Gasteiger partial charge in [-0.1, -0.05) is 31.5 Å². The lowest BCUT2D eigenvalue weighted by Gasteiger charge is -2.09. The molecule has 24 heavy (non-hydrogen) atoms. The molecule has 0 radical (unpaired) electrons. The van der Waals surface area contributed by atoms with Gasteiger partial charge in [-0.25, -0.2) is 9.97 Å². The van der Waals surface area contributed by atoms with E-state index in [0.717, 1.165) is 28.4 Å². The third kappa shape index (κ3) is 2.49. The van der Waals surface area contributed by atoms with Crippen LogP contribution in [-0.2, 0) is 6.54 Å². The van der Waals surface area contributed by atoms with Crippen molar-refractivity contribution in [2.24, 2.45) is 0 Å². The zero-order valence-electron chi connectivity index (χ0n) is 13.4. The second-order valence-electron chi connectivity index (χ2n) is 5.99. The molecule has 0 saturated carbocycles. The van der Waals surface area contributed by atoms with Crippen molar-refractivity contribution in [3.05, 3.63) is 59.3 Å². The summed E-state index contributed by atoms with van der Waals surface area (Å²) in [4.78, 5) is 8.82. The fourth-order valence-corrected chi connectivity index (χ4v) is 2.96. The Morgan fingerprint density at radius 2 is 2.12 bits per heavy atom. The maximum Gasteiger partial charge on any atom is 0.162 e. The Labute approximate surface area is 144 Å². The Bertz CT molecular complexity index is 1020. The van der Waals surface area contributed by atoms with E-state index in [1.54, 1.807) is 10.6 Å². The van der Waals surface area contributed by atoms with Crippen molar-refractivity contribution in [3.63, 3.8) is 0 Å². The minimum Gasteiger partial charge on any atom is -0.364 e. The Kier molecular flexibility index (Phi) is 3.61. The number of nitrogens with zero attached hydrogens (tertiary/aromatic N) is 5. The van der Waals surface area contributed by atoms with Crippen molar-refractivity contribution < 1.29 is 0 Å². The van der Waals surface area contributed by atoms with Crippen molar-refractivity contribution in [3.8, 4) is 0 Å². The smallest absolute Gasteiger partial charge is 0.162 e. The topological polar surface area (TPSA) is 59.5 Å². The first kappa shape index (κ1) is 15.0. The fourth-order valence-electron chi connectivity index (χ4n) is 2.78. The van der Waals surface area contributed by atoms with Gasteiger partial charge in [-0.2, -0.15) is 9.61 Å². The van der Waals surface area contributed by atoms with Crippen molar-refractivity contribution in [2.75, 3.05) is 5.32 Å². The predicted octanol–water partition coefficient (Wildman–Crippen LogP) is 3.77. The zero-order valence-corrected chi connectivity index (χ0v) is 14.2. The number of pyridine rings is 1. The summed E-state index contributed by atoms with van der Waals surface area (Å²) in [5, 5.41) is 8.29. The van der Waals surface area contributed by atoms with Crippen LogP contribution in [0.5, 0.6) is 0 Å². The van der Waals surface area contributed by atoms with E-state index in [-0.39, 0.29) is 0 Å². The minimum atomic E-state index is 0.333. The Balaban J connectivity index is 1.69. The SMILES string of the molecule is CC(C)c1cnn2c(NCc3cnc4ccccn34)cc(Cl)nc12. The largest absolute Gasteiger partial charge is 0.364 e. The van der Waals surface area contributed by atoms with E-state index in [1.165, 1.54) is 0 Å². The van der Waals surface area contributed by atoms with Gasteiger partial charge in [0.2, 0.25) is 0 Å². The van der Waals surface area contributed by atoms with Gasteiger partial charge in [-0.3, -0.25) is 0 Å². The molecule has 0 atom stereocenters. The lowest BCUT2D eigenvalue weighted by Crippen LogP contribution is -2.08. The first-order valence-corrected chi connectivity index (χ1v) is 8.20. The molecule has 0 unspecified atom stereocenters. The molecule has 7 heteroatoms. The summed E-state index contributed by atoms with van der Waals surface area (Å²) >= 11 is 6.20. The molecule has 1 N–H and O–H groups in total. The van der Waals surface area contributed by atoms with Crippen LogP contribution in [0.4, 0.5) is 5.82 Å². The Morgan fingerprint density at radius 1 is 1.25 bits per heavy atom. The molecule has 0 aliphatic heterocycles. The van der Waals surface area contributed by atoms with Gasteiger partial charge in [-0.15, -0.1) is 0 Å². The van der Waals surface area contributed by atoms with Crippen LogP contribution in [0.3, 0.4) is 0 Å². The Morgan fingerprint density at radius 3 is 2.96 bits per heavy atom. The molecule has 4 aromatic heterocycles. The Hall–Kier alpha value is -2.60. The van der Waals surface area contributed by atoms with Crippen LogP contribution in [0.2, 0.25) is 5.15 Å². The summed E-state index contributed by atoms with van der Waals surface area (Å²) in [7, 11) is 0. The summed E-state index contributed by atoms with van der Waals surface area (Å²) < 4.78 is 3.85. The summed E-state index contributed by atoms with van der Waals surface area (Å²) in [5.41, 5.74) is 3.85. The van der Waals surface area contributed by atoms with Crippen molar-refractivity contribution in [1.29, 1.82) is 0 Å². The van der Waals surface area contributed by atoms with Crippen LogP contribution in [0.15, 0.2) is 42.9 Å². The van der Waals surface area contributed by atoms with E-state index in [9.17, 15) is 0 Å². The molecular formula is C17H17ClN6. The molecule has 0 fully saturated rings. The van der Waals surface area contributed by atoms with Crippen molar-refractivity contribution >= 4 is 28.7 Å². The average Bonchev–Trinajstić information content (AvgIpc) is 3.16. The monoisotopic (exact) mass is 340 g/mol. The van der Waals surface area contributed by atoms with Crippen LogP contribution in [0.25, 0.3) is 11.3 Å². The summed E-state index contributed by atoms with van der Waals surface area (Å²) in [6.45, 7) is 4.84. The van der Waals surface area contributed by atoms with E-state index in [0.29, 0.717) is 17.6 Å². The molecule has 0 spiro atoms. The van der Waals surface area contributed by atoms with Gasteiger partial charge in [0.05, 0.1) is 24.6 Å². The second-order valence-corrected chi connectivity index (χ2v) is 6.37. The van der Waals surface area contributed by atoms with Gasteiger partial charge < -0.3 is 9.72 Å². The summed E-state index contributed by atoms with van der Waals surface area (Å²) in [6, 6.07) is 7.73. The number of hydrogen-bond acceptors (Lipinski definition) is 4. The highest BCUT2D eigenvalue weighted by molar-refractivity contribution is 6.29. The first-order chi connectivity index (χ1) is 11.6. The highest BCUT2D eigenvalue weighted by Crippen LogP contribution is 2.24. The molecule has 0 amide bonds. The van der Waals surface area contributed by atoms with Gasteiger partial charge >= 0.3 is 0 Å². The normalized spacial score (nSPS) is 11.7. The number of halogens is 1. The van der Waals surface area contributed by atoms with Gasteiger partial charge in [0.1, 0.15) is 16.6 Å². The zero-order chi connectivity index (χ0) is 16.7. The number of fused-ring (bicyclic) bond motifs is 2. The summed E-state index contributed by atoms with van der Waals surface area (Å²) in [6.07, 6.45) is 5.72. The number of imidazole rings is 1. The molecule has 0 aliphatic carbocycles. The van der Waals surface area contributed by atoms with E-state index in [1.807, 2.05) is 36.8 Å². The van der Waals surface area contributed by atoms with Crippen LogP contribution in [-0.4, -0.2) is 24.0 Å². The lowest BCUT2D eigenvalue weighted by atomic mass is 10.1. The predicted molar refractivity (Wildman–Crippen MR) is 94.6 cm³/mol. The number of hydrogen-bond donors (Lipinski definition) is 1. The van der Waals surface area contributed by atoms with E-state index >= 15 is 0 Å². The van der Waals surface area contributed by atoms with Gasteiger partial charge in [0, 0.05) is 17.8 Å². The number of aromatic nitrogens is 5. The quantitative estimate of drug-likeness (QED) is 0.574. The molecule has 0 bridgehead atoms. The lowest BCUT2D eigenvalue weighted by molar-refractivity contribution is 0.871. The molecule has 6 nitrogen and oxygen atoms in total. The number of anilines is 1. The van der Waals surface area contributed by atoms with Crippen LogP contribution in [0.1, 0.15) is 31.0 Å². The summed E-state index contributed by atoms with van der Waals surface area (Å²) in [5.74, 6) is 1.14. The second kappa shape index (κ2) is 5.79. The standard InChI is InChI=1S/C17H17ClN6/c1-11(2)13-10-21-24-16(7-14(18)22-17(13)24)20-9-12-8-19-15-5-3-4-6-23(12)15/h3-8,10-11,20H,9H2,1-2H3. The van der Waals surface area contributed by atoms with Gasteiger partial charge in [0.25, 0.3) is 0 Å². The fraction of sp³-hybridized carbons (Fsp3) is 0.235. The molecule has 4 heterocycles. The molecular weight excluding hydrogens is 324 g/mol. The number of rotatable bonds is 4. The highest BCUT2D eigenvalue weighted by Gasteiger charge is 2.13.